The topological polar surface area (TPSA) is 59.5 Å². The number of likely N-dealkylation sites (N-methyl/N-ethyl adjacent to an activating group) is 1. The van der Waals surface area contributed by atoms with E-state index in [1.807, 2.05) is 30.3 Å². The van der Waals surface area contributed by atoms with Crippen LogP contribution in [0.2, 0.25) is 0 Å². The van der Waals surface area contributed by atoms with Gasteiger partial charge in [-0.1, -0.05) is 24.0 Å². The summed E-state index contributed by atoms with van der Waals surface area (Å²) in [6.07, 6.45) is 5.44. The summed E-state index contributed by atoms with van der Waals surface area (Å²) in [5.74, 6) is 6.44. The fourth-order valence-corrected chi connectivity index (χ4v) is 3.37. The van der Waals surface area contributed by atoms with Crippen LogP contribution in [0.3, 0.4) is 0 Å². The van der Waals surface area contributed by atoms with Crippen molar-refractivity contribution in [3.63, 3.8) is 0 Å². The summed E-state index contributed by atoms with van der Waals surface area (Å²) in [5, 5.41) is 0. The van der Waals surface area contributed by atoms with E-state index in [1.165, 1.54) is 4.90 Å². The van der Waals surface area contributed by atoms with Crippen LogP contribution in [0, 0.1) is 11.8 Å². The van der Waals surface area contributed by atoms with E-state index < -0.39 is 0 Å². The van der Waals surface area contributed by atoms with Crippen molar-refractivity contribution in [1.29, 1.82) is 0 Å². The first-order chi connectivity index (χ1) is 15.1. The largest absolute Gasteiger partial charge is 0.497 e. The highest BCUT2D eigenvalue weighted by Gasteiger charge is 2.32. The van der Waals surface area contributed by atoms with Crippen LogP contribution in [0.15, 0.2) is 72.6 Å². The maximum atomic E-state index is 13.1. The van der Waals surface area contributed by atoms with Crippen molar-refractivity contribution in [3.8, 4) is 17.6 Å². The van der Waals surface area contributed by atoms with Gasteiger partial charge in [-0.25, -0.2) is 0 Å². The molecule has 2 aromatic carbocycles. The van der Waals surface area contributed by atoms with Gasteiger partial charge in [0.15, 0.2) is 0 Å². The van der Waals surface area contributed by atoms with E-state index >= 15 is 0 Å². The van der Waals surface area contributed by atoms with Crippen LogP contribution in [0.4, 0.5) is 5.69 Å². The number of aromatic nitrogens is 1. The van der Waals surface area contributed by atoms with Gasteiger partial charge in [-0.3, -0.25) is 14.6 Å². The molecule has 0 saturated heterocycles. The summed E-state index contributed by atoms with van der Waals surface area (Å²) in [5.41, 5.74) is 3.74. The molecule has 2 heterocycles. The zero-order chi connectivity index (χ0) is 21.8. The van der Waals surface area contributed by atoms with Gasteiger partial charge in [-0.05, 0) is 59.7 Å². The van der Waals surface area contributed by atoms with Gasteiger partial charge in [0.05, 0.1) is 18.4 Å². The van der Waals surface area contributed by atoms with Crippen LogP contribution >= 0.6 is 0 Å². The molecule has 0 spiro atoms. The number of carbonyl (C=O) groups is 2. The Morgan fingerprint density at radius 1 is 1.03 bits per heavy atom. The highest BCUT2D eigenvalue weighted by molar-refractivity contribution is 6.36. The van der Waals surface area contributed by atoms with Gasteiger partial charge in [-0.2, -0.15) is 0 Å². The van der Waals surface area contributed by atoms with Crippen molar-refractivity contribution in [2.24, 2.45) is 0 Å². The molecule has 1 aromatic heterocycles. The number of amides is 1. The summed E-state index contributed by atoms with van der Waals surface area (Å²) in [7, 11) is 3.30. The number of methoxy groups -OCH3 is 1. The molecule has 0 fully saturated rings. The number of hydrogen-bond acceptors (Lipinski definition) is 4. The molecule has 152 valence electrons. The smallest absolute Gasteiger partial charge is 0.262 e. The maximum absolute atomic E-state index is 13.1. The van der Waals surface area contributed by atoms with Crippen LogP contribution in [0.1, 0.15) is 27.0 Å². The summed E-state index contributed by atoms with van der Waals surface area (Å²) in [6.45, 7) is 0. The Hall–Kier alpha value is -4.17. The Bertz CT molecular complexity index is 1230. The Morgan fingerprint density at radius 3 is 2.48 bits per heavy atom. The first-order valence-electron chi connectivity index (χ1n) is 9.77. The lowest BCUT2D eigenvalue weighted by Gasteiger charge is -2.26. The van der Waals surface area contributed by atoms with Gasteiger partial charge < -0.3 is 9.64 Å². The van der Waals surface area contributed by atoms with Crippen molar-refractivity contribution in [2.75, 3.05) is 19.1 Å². The average Bonchev–Trinajstić information content (AvgIpc) is 2.81. The molecule has 5 heteroatoms. The predicted molar refractivity (Wildman–Crippen MR) is 120 cm³/mol. The van der Waals surface area contributed by atoms with E-state index in [2.05, 4.69) is 16.8 Å². The summed E-state index contributed by atoms with van der Waals surface area (Å²) >= 11 is 0. The number of nitrogens with zero attached hydrogens (tertiary/aromatic N) is 2. The minimum Gasteiger partial charge on any atom is -0.497 e. The van der Waals surface area contributed by atoms with Crippen LogP contribution in [0.25, 0.3) is 6.08 Å². The number of Topliss-reactive ketones (excluding diaryl/α,β-unsaturated/α-hetero) is 1. The summed E-state index contributed by atoms with van der Waals surface area (Å²) in [6, 6.07) is 16.6. The molecule has 0 radical (unpaired) electrons. The molecule has 1 aliphatic heterocycles. The first kappa shape index (κ1) is 20.1. The predicted octanol–water partition coefficient (Wildman–Crippen LogP) is 3.93. The zero-order valence-electron chi connectivity index (χ0n) is 17.3. The molecule has 0 N–H and O–H groups in total. The molecule has 0 unspecified atom stereocenters. The molecule has 5 nitrogen and oxygen atoms in total. The molecule has 0 atom stereocenters. The lowest BCUT2D eigenvalue weighted by molar-refractivity contribution is -0.114. The third-order valence-electron chi connectivity index (χ3n) is 5.08. The lowest BCUT2D eigenvalue weighted by Crippen LogP contribution is -2.36. The Morgan fingerprint density at radius 2 is 1.77 bits per heavy atom. The maximum Gasteiger partial charge on any atom is 0.262 e. The molecule has 0 bridgehead atoms. The lowest BCUT2D eigenvalue weighted by atomic mass is 9.93. The van der Waals surface area contributed by atoms with Gasteiger partial charge in [0, 0.05) is 37.0 Å². The van der Waals surface area contributed by atoms with E-state index in [9.17, 15) is 9.59 Å². The highest BCUT2D eigenvalue weighted by atomic mass is 16.5. The first-order valence-corrected chi connectivity index (χ1v) is 9.77. The van der Waals surface area contributed by atoms with Gasteiger partial charge in [0.25, 0.3) is 5.91 Å². The van der Waals surface area contributed by atoms with Gasteiger partial charge in [0.2, 0.25) is 5.78 Å². The molecule has 3 aromatic rings. The minimum absolute atomic E-state index is 0.129. The number of ketones is 1. The van der Waals surface area contributed by atoms with Crippen LogP contribution in [0.5, 0.6) is 5.75 Å². The zero-order valence-corrected chi connectivity index (χ0v) is 17.3. The molecule has 0 saturated carbocycles. The number of anilines is 1. The van der Waals surface area contributed by atoms with E-state index in [0.717, 1.165) is 22.4 Å². The van der Waals surface area contributed by atoms with Crippen molar-refractivity contribution in [3.05, 3.63) is 94.8 Å². The molecular weight excluding hydrogens is 388 g/mol. The third-order valence-corrected chi connectivity index (χ3v) is 5.08. The Kier molecular flexibility index (Phi) is 5.63. The molecule has 1 aliphatic rings. The second-order valence-corrected chi connectivity index (χ2v) is 7.09. The number of hydrogen-bond donors (Lipinski definition) is 0. The molecule has 1 amide bonds. The number of ether oxygens (including phenoxy) is 1. The minimum atomic E-state index is -0.326. The summed E-state index contributed by atoms with van der Waals surface area (Å²) in [4.78, 5) is 31.3. The summed E-state index contributed by atoms with van der Waals surface area (Å²) < 4.78 is 5.16. The molecule has 31 heavy (non-hydrogen) atoms. The van der Waals surface area contributed by atoms with Crippen molar-refractivity contribution >= 4 is 23.5 Å². The van der Waals surface area contributed by atoms with Crippen LogP contribution < -0.4 is 9.64 Å². The highest BCUT2D eigenvalue weighted by Crippen LogP contribution is 2.31. The number of benzene rings is 2. The van der Waals surface area contributed by atoms with E-state index in [1.54, 1.807) is 56.9 Å². The van der Waals surface area contributed by atoms with Crippen molar-refractivity contribution < 1.29 is 14.3 Å². The second kappa shape index (κ2) is 8.68. The van der Waals surface area contributed by atoms with Crippen molar-refractivity contribution in [1.82, 2.24) is 4.98 Å². The second-order valence-electron chi connectivity index (χ2n) is 7.09. The average molecular weight is 408 g/mol. The molecular formula is C26H20N2O3. The number of rotatable bonds is 3. The third kappa shape index (κ3) is 4.24. The number of carbonyl (C=O) groups excluding carboxylic acids is 2. The van der Waals surface area contributed by atoms with Gasteiger partial charge >= 0.3 is 0 Å². The number of fused-ring (bicyclic) bond motifs is 1. The molecule has 4 rings (SSSR count). The Labute approximate surface area is 181 Å². The molecule has 0 aliphatic carbocycles. The fourth-order valence-electron chi connectivity index (χ4n) is 3.37. The number of pyridine rings is 1. The normalized spacial score (nSPS) is 14.1. The fraction of sp³-hybridized carbons (Fsp3) is 0.115. The Balaban J connectivity index is 1.61. The SMILES string of the molecule is COc1ccc(CC#Cc2ccc3c(c2)C(=O)C(=Cc2ccncc2)C(=O)N3C)cc1. The van der Waals surface area contributed by atoms with Gasteiger partial charge in [-0.15, -0.1) is 0 Å². The quantitative estimate of drug-likeness (QED) is 0.374. The van der Waals surface area contributed by atoms with Crippen LogP contribution in [-0.2, 0) is 11.2 Å². The van der Waals surface area contributed by atoms with E-state index in [0.29, 0.717) is 17.7 Å². The van der Waals surface area contributed by atoms with E-state index in [-0.39, 0.29) is 17.3 Å². The van der Waals surface area contributed by atoms with Crippen molar-refractivity contribution in [2.45, 2.75) is 6.42 Å². The van der Waals surface area contributed by atoms with Gasteiger partial charge in [0.1, 0.15) is 5.75 Å². The van der Waals surface area contributed by atoms with E-state index in [4.69, 9.17) is 4.74 Å². The van der Waals surface area contributed by atoms with Crippen LogP contribution in [-0.4, -0.2) is 30.8 Å². The standard InChI is InChI=1S/C26H20N2O3/c1-28-24-11-8-19(5-3-4-18-6-9-21(31-2)10-7-18)16-22(24)25(29)23(26(28)30)17-20-12-14-27-15-13-20/h6-17H,4H2,1-2H3. The monoisotopic (exact) mass is 408 g/mol.